The Morgan fingerprint density at radius 3 is 2.79 bits per heavy atom. The van der Waals surface area contributed by atoms with Crippen LogP contribution in [0.1, 0.15) is 5.82 Å². The average Bonchev–Trinajstić information content (AvgIpc) is 2.74. The zero-order valence-corrected chi connectivity index (χ0v) is 10.6. The molecule has 0 bridgehead atoms. The van der Waals surface area contributed by atoms with Crippen molar-refractivity contribution >= 4 is 16.7 Å². The molecule has 0 radical (unpaired) electrons. The molecule has 3 aromatic rings. The molecule has 19 heavy (non-hydrogen) atoms. The molecule has 4 heteroatoms. The van der Waals surface area contributed by atoms with E-state index in [0.717, 1.165) is 22.5 Å². The second-order valence-electron chi connectivity index (χ2n) is 4.44. The fourth-order valence-electron chi connectivity index (χ4n) is 2.13. The van der Waals surface area contributed by atoms with Gasteiger partial charge in [0.1, 0.15) is 11.6 Å². The quantitative estimate of drug-likeness (QED) is 0.778. The Morgan fingerprint density at radius 1 is 1.16 bits per heavy atom. The van der Waals surface area contributed by atoms with Crippen molar-refractivity contribution in [1.82, 2.24) is 9.55 Å². The number of benzene rings is 2. The zero-order chi connectivity index (χ0) is 13.2. The lowest BCUT2D eigenvalue weighted by molar-refractivity contribution is 0.628. The minimum atomic E-state index is -0.241. The van der Waals surface area contributed by atoms with E-state index >= 15 is 0 Å². The summed E-state index contributed by atoms with van der Waals surface area (Å²) in [5.41, 5.74) is 2.83. The molecule has 0 unspecified atom stereocenters. The summed E-state index contributed by atoms with van der Waals surface area (Å²) in [6, 6.07) is 14.4. The van der Waals surface area contributed by atoms with Crippen LogP contribution in [0, 0.1) is 5.82 Å². The standard InChI is InChI=1S/C15H14FN3/c1-19-14-8-3-2-7-13(14)18-15(19)10-17-12-6-4-5-11(16)9-12/h2-9,17H,10H2,1H3. The minimum absolute atomic E-state index is 0.241. The third-order valence-corrected chi connectivity index (χ3v) is 3.16. The van der Waals surface area contributed by atoms with Crippen LogP contribution in [0.15, 0.2) is 48.5 Å². The first-order valence-corrected chi connectivity index (χ1v) is 6.14. The number of aromatic nitrogens is 2. The van der Waals surface area contributed by atoms with Crippen molar-refractivity contribution in [2.75, 3.05) is 5.32 Å². The van der Waals surface area contributed by atoms with Crippen molar-refractivity contribution in [3.63, 3.8) is 0 Å². The highest BCUT2D eigenvalue weighted by atomic mass is 19.1. The summed E-state index contributed by atoms with van der Waals surface area (Å²) in [6.45, 7) is 0.564. The summed E-state index contributed by atoms with van der Waals surface area (Å²) in [5.74, 6) is 0.681. The van der Waals surface area contributed by atoms with E-state index in [9.17, 15) is 4.39 Å². The maximum absolute atomic E-state index is 13.1. The first-order chi connectivity index (χ1) is 9.24. The Hall–Kier alpha value is -2.36. The van der Waals surface area contributed by atoms with E-state index in [2.05, 4.69) is 10.3 Å². The van der Waals surface area contributed by atoms with Crippen LogP contribution >= 0.6 is 0 Å². The van der Waals surface area contributed by atoms with Crippen LogP contribution in [0.25, 0.3) is 11.0 Å². The van der Waals surface area contributed by atoms with Gasteiger partial charge < -0.3 is 9.88 Å². The molecule has 0 aliphatic carbocycles. The maximum Gasteiger partial charge on any atom is 0.128 e. The van der Waals surface area contributed by atoms with Crippen LogP contribution in [0.4, 0.5) is 10.1 Å². The largest absolute Gasteiger partial charge is 0.378 e. The molecule has 1 aromatic heterocycles. The molecule has 0 atom stereocenters. The van der Waals surface area contributed by atoms with Gasteiger partial charge in [-0.1, -0.05) is 18.2 Å². The molecule has 0 saturated heterocycles. The fraction of sp³-hybridized carbons (Fsp3) is 0.133. The van der Waals surface area contributed by atoms with E-state index in [1.165, 1.54) is 12.1 Å². The third-order valence-electron chi connectivity index (χ3n) is 3.16. The van der Waals surface area contributed by atoms with Gasteiger partial charge in [-0.05, 0) is 30.3 Å². The van der Waals surface area contributed by atoms with E-state index in [1.807, 2.05) is 41.9 Å². The molecule has 0 spiro atoms. The number of fused-ring (bicyclic) bond motifs is 1. The summed E-state index contributed by atoms with van der Waals surface area (Å²) in [7, 11) is 1.98. The van der Waals surface area contributed by atoms with E-state index in [0.29, 0.717) is 6.54 Å². The molecule has 0 amide bonds. The smallest absolute Gasteiger partial charge is 0.128 e. The number of aryl methyl sites for hydroxylation is 1. The lowest BCUT2D eigenvalue weighted by Crippen LogP contribution is -2.05. The molecule has 0 saturated carbocycles. The molecule has 96 valence electrons. The fourth-order valence-corrected chi connectivity index (χ4v) is 2.13. The monoisotopic (exact) mass is 255 g/mol. The van der Waals surface area contributed by atoms with Crippen molar-refractivity contribution in [2.45, 2.75) is 6.54 Å². The van der Waals surface area contributed by atoms with Crippen LogP contribution in [0.5, 0.6) is 0 Å². The summed E-state index contributed by atoms with van der Waals surface area (Å²) < 4.78 is 15.1. The van der Waals surface area contributed by atoms with Crippen LogP contribution in [-0.2, 0) is 13.6 Å². The highest BCUT2D eigenvalue weighted by Gasteiger charge is 2.06. The Labute approximate surface area is 110 Å². The molecule has 0 aliphatic rings. The third kappa shape index (κ3) is 2.29. The van der Waals surface area contributed by atoms with Crippen molar-refractivity contribution in [3.8, 4) is 0 Å². The highest BCUT2D eigenvalue weighted by Crippen LogP contribution is 2.16. The van der Waals surface area contributed by atoms with Gasteiger partial charge in [0.2, 0.25) is 0 Å². The zero-order valence-electron chi connectivity index (χ0n) is 10.6. The molecule has 3 nitrogen and oxygen atoms in total. The van der Waals surface area contributed by atoms with Crippen molar-refractivity contribution in [1.29, 1.82) is 0 Å². The van der Waals surface area contributed by atoms with Crippen molar-refractivity contribution in [3.05, 3.63) is 60.2 Å². The van der Waals surface area contributed by atoms with E-state index in [1.54, 1.807) is 6.07 Å². The summed E-state index contributed by atoms with van der Waals surface area (Å²) in [4.78, 5) is 4.56. The van der Waals surface area contributed by atoms with Gasteiger partial charge in [0, 0.05) is 12.7 Å². The number of nitrogens with zero attached hydrogens (tertiary/aromatic N) is 2. The van der Waals surface area contributed by atoms with Crippen molar-refractivity contribution < 1.29 is 4.39 Å². The molecule has 0 aliphatic heterocycles. The first-order valence-electron chi connectivity index (χ1n) is 6.14. The first kappa shape index (κ1) is 11.7. The lowest BCUT2D eigenvalue weighted by atomic mass is 10.3. The predicted molar refractivity (Wildman–Crippen MR) is 74.4 cm³/mol. The number of imidazole rings is 1. The Balaban J connectivity index is 1.84. The van der Waals surface area contributed by atoms with Gasteiger partial charge in [0.15, 0.2) is 0 Å². The number of para-hydroxylation sites is 2. The van der Waals surface area contributed by atoms with Gasteiger partial charge in [-0.2, -0.15) is 0 Å². The summed E-state index contributed by atoms with van der Waals surface area (Å²) in [6.07, 6.45) is 0. The number of rotatable bonds is 3. The van der Waals surface area contributed by atoms with Gasteiger partial charge in [-0.15, -0.1) is 0 Å². The molecular weight excluding hydrogens is 241 g/mol. The molecule has 2 aromatic carbocycles. The molecule has 0 fully saturated rings. The van der Waals surface area contributed by atoms with E-state index in [-0.39, 0.29) is 5.82 Å². The van der Waals surface area contributed by atoms with Crippen LogP contribution in [0.2, 0.25) is 0 Å². The second-order valence-corrected chi connectivity index (χ2v) is 4.44. The number of nitrogens with one attached hydrogen (secondary N) is 1. The molecule has 1 heterocycles. The van der Waals surface area contributed by atoms with Crippen LogP contribution in [-0.4, -0.2) is 9.55 Å². The van der Waals surface area contributed by atoms with E-state index in [4.69, 9.17) is 0 Å². The maximum atomic E-state index is 13.1. The topological polar surface area (TPSA) is 29.9 Å². The van der Waals surface area contributed by atoms with Crippen LogP contribution in [0.3, 0.4) is 0 Å². The molecular formula is C15H14FN3. The Kier molecular flexibility index (Phi) is 2.91. The number of hydrogen-bond acceptors (Lipinski definition) is 2. The predicted octanol–water partition coefficient (Wildman–Crippen LogP) is 3.32. The van der Waals surface area contributed by atoms with Gasteiger partial charge in [-0.25, -0.2) is 9.37 Å². The normalized spacial score (nSPS) is 10.8. The van der Waals surface area contributed by atoms with E-state index < -0.39 is 0 Å². The summed E-state index contributed by atoms with van der Waals surface area (Å²) in [5, 5.41) is 3.18. The Bertz CT molecular complexity index is 718. The second kappa shape index (κ2) is 4.72. The minimum Gasteiger partial charge on any atom is -0.378 e. The number of anilines is 1. The lowest BCUT2D eigenvalue weighted by Gasteiger charge is -2.06. The SMILES string of the molecule is Cn1c(CNc2cccc(F)c2)nc2ccccc21. The van der Waals surface area contributed by atoms with Crippen molar-refractivity contribution in [2.24, 2.45) is 7.05 Å². The average molecular weight is 255 g/mol. The number of halogens is 1. The van der Waals surface area contributed by atoms with Gasteiger partial charge in [0.05, 0.1) is 17.6 Å². The molecule has 3 rings (SSSR count). The van der Waals surface area contributed by atoms with Crippen LogP contribution < -0.4 is 5.32 Å². The number of hydrogen-bond donors (Lipinski definition) is 1. The van der Waals surface area contributed by atoms with Gasteiger partial charge in [-0.3, -0.25) is 0 Å². The Morgan fingerprint density at radius 2 is 2.00 bits per heavy atom. The van der Waals surface area contributed by atoms with Gasteiger partial charge >= 0.3 is 0 Å². The van der Waals surface area contributed by atoms with Gasteiger partial charge in [0.25, 0.3) is 0 Å². The highest BCUT2D eigenvalue weighted by molar-refractivity contribution is 5.75. The summed E-state index contributed by atoms with van der Waals surface area (Å²) >= 11 is 0. The molecule has 1 N–H and O–H groups in total.